The van der Waals surface area contributed by atoms with Gasteiger partial charge in [-0.05, 0) is 47.3 Å². The molecule has 1 rings (SSSR count). The number of aryl methyl sites for hydroxylation is 1. The molecule has 0 amide bonds. The van der Waals surface area contributed by atoms with Crippen molar-refractivity contribution in [1.82, 2.24) is 0 Å². The maximum Gasteiger partial charge on any atom is 0.348 e. The Balaban J connectivity index is 2.70. The average Bonchev–Trinajstić information content (AvgIpc) is 2.61. The van der Waals surface area contributed by atoms with Crippen molar-refractivity contribution in [2.45, 2.75) is 39.5 Å². The van der Waals surface area contributed by atoms with Gasteiger partial charge in [0.15, 0.2) is 0 Å². The van der Waals surface area contributed by atoms with E-state index in [9.17, 15) is 4.79 Å². The van der Waals surface area contributed by atoms with Gasteiger partial charge in [-0.1, -0.05) is 19.8 Å². The van der Waals surface area contributed by atoms with Gasteiger partial charge in [0, 0.05) is 0 Å². The average molecular weight is 305 g/mol. The van der Waals surface area contributed by atoms with Crippen molar-refractivity contribution in [3.8, 4) is 0 Å². The van der Waals surface area contributed by atoms with E-state index in [1.165, 1.54) is 24.2 Å². The fraction of sp³-hybridized carbons (Fsp3) is 0.583. The van der Waals surface area contributed by atoms with E-state index in [0.29, 0.717) is 6.61 Å². The molecule has 0 aliphatic heterocycles. The van der Waals surface area contributed by atoms with Crippen LogP contribution in [0.2, 0.25) is 0 Å². The van der Waals surface area contributed by atoms with E-state index in [-0.39, 0.29) is 5.97 Å². The lowest BCUT2D eigenvalue weighted by molar-refractivity contribution is 0.0531. The van der Waals surface area contributed by atoms with Crippen LogP contribution in [0, 0.1) is 0 Å². The molecule has 0 radical (unpaired) electrons. The Morgan fingerprint density at radius 2 is 2.19 bits per heavy atom. The lowest BCUT2D eigenvalue weighted by atomic mass is 10.1. The van der Waals surface area contributed by atoms with Crippen molar-refractivity contribution in [1.29, 1.82) is 0 Å². The summed E-state index contributed by atoms with van der Waals surface area (Å²) < 4.78 is 6.04. The van der Waals surface area contributed by atoms with E-state index in [4.69, 9.17) is 4.74 Å². The fourth-order valence-electron chi connectivity index (χ4n) is 1.52. The summed E-state index contributed by atoms with van der Waals surface area (Å²) in [6, 6.07) is 2.03. The molecule has 2 nitrogen and oxygen atoms in total. The number of halogens is 1. The zero-order valence-electron chi connectivity index (χ0n) is 9.72. The van der Waals surface area contributed by atoms with Crippen molar-refractivity contribution in [2.75, 3.05) is 6.61 Å². The molecule has 0 saturated carbocycles. The molecule has 0 saturated heterocycles. The largest absolute Gasteiger partial charge is 0.462 e. The van der Waals surface area contributed by atoms with Crippen LogP contribution in [0.5, 0.6) is 0 Å². The molecule has 0 aromatic carbocycles. The van der Waals surface area contributed by atoms with Gasteiger partial charge >= 0.3 is 5.97 Å². The molecule has 1 aromatic heterocycles. The molecule has 1 aromatic rings. The molecule has 1 heterocycles. The second-order valence-corrected chi connectivity index (χ2v) is 6.01. The molecule has 0 bridgehead atoms. The first-order valence-corrected chi connectivity index (χ1v) is 7.25. The number of thiophene rings is 1. The normalized spacial score (nSPS) is 10.4. The lowest BCUT2D eigenvalue weighted by Crippen LogP contribution is -2.05. The summed E-state index contributed by atoms with van der Waals surface area (Å²) >= 11 is 4.88. The first-order valence-electron chi connectivity index (χ1n) is 5.64. The Labute approximate surface area is 109 Å². The SMILES string of the molecule is CCCCCc1cc(Br)sc1C(=O)OCC. The van der Waals surface area contributed by atoms with Crippen LogP contribution in [0.25, 0.3) is 0 Å². The number of carbonyl (C=O) groups is 1. The maximum absolute atomic E-state index is 11.7. The molecule has 0 spiro atoms. The molecule has 16 heavy (non-hydrogen) atoms. The van der Waals surface area contributed by atoms with Crippen molar-refractivity contribution in [2.24, 2.45) is 0 Å². The number of hydrogen-bond acceptors (Lipinski definition) is 3. The van der Waals surface area contributed by atoms with Crippen LogP contribution < -0.4 is 0 Å². The molecule has 0 atom stereocenters. The van der Waals surface area contributed by atoms with Crippen LogP contribution in [0.3, 0.4) is 0 Å². The quantitative estimate of drug-likeness (QED) is 0.574. The molecule has 0 aliphatic carbocycles. The Morgan fingerprint density at radius 3 is 2.81 bits per heavy atom. The van der Waals surface area contributed by atoms with E-state index in [0.717, 1.165) is 27.1 Å². The second kappa shape index (κ2) is 7.07. The Hall–Kier alpha value is -0.350. The minimum atomic E-state index is -0.190. The molecule has 90 valence electrons. The van der Waals surface area contributed by atoms with Crippen molar-refractivity contribution < 1.29 is 9.53 Å². The predicted octanol–water partition coefficient (Wildman–Crippen LogP) is 4.42. The van der Waals surface area contributed by atoms with Crippen LogP contribution in [-0.4, -0.2) is 12.6 Å². The standard InChI is InChI=1S/C12H17BrO2S/c1-3-5-6-7-9-8-10(13)16-11(9)12(14)15-4-2/h8H,3-7H2,1-2H3. The first kappa shape index (κ1) is 13.7. The number of rotatable bonds is 6. The minimum Gasteiger partial charge on any atom is -0.462 e. The zero-order valence-corrected chi connectivity index (χ0v) is 12.1. The van der Waals surface area contributed by atoms with Gasteiger partial charge in [-0.25, -0.2) is 4.79 Å². The highest BCUT2D eigenvalue weighted by Gasteiger charge is 2.15. The lowest BCUT2D eigenvalue weighted by Gasteiger charge is -2.02. The Bertz CT molecular complexity index is 347. The number of carbonyl (C=O) groups excluding carboxylic acids is 1. The third kappa shape index (κ3) is 3.91. The minimum absolute atomic E-state index is 0.190. The van der Waals surface area contributed by atoms with Gasteiger partial charge in [0.05, 0.1) is 10.4 Å². The van der Waals surface area contributed by atoms with Gasteiger partial charge in [0.2, 0.25) is 0 Å². The van der Waals surface area contributed by atoms with Gasteiger partial charge in [-0.15, -0.1) is 11.3 Å². The van der Waals surface area contributed by atoms with E-state index in [1.54, 1.807) is 0 Å². The summed E-state index contributed by atoms with van der Waals surface area (Å²) in [6.07, 6.45) is 4.49. The fourth-order valence-corrected chi connectivity index (χ4v) is 3.11. The number of esters is 1. The monoisotopic (exact) mass is 304 g/mol. The smallest absolute Gasteiger partial charge is 0.348 e. The van der Waals surface area contributed by atoms with Gasteiger partial charge in [0.25, 0.3) is 0 Å². The molecule has 0 N–H and O–H groups in total. The van der Waals surface area contributed by atoms with Crippen molar-refractivity contribution >= 4 is 33.2 Å². The Morgan fingerprint density at radius 1 is 1.44 bits per heavy atom. The maximum atomic E-state index is 11.7. The third-order valence-electron chi connectivity index (χ3n) is 2.29. The molecule has 0 fully saturated rings. The van der Waals surface area contributed by atoms with Gasteiger partial charge in [-0.3, -0.25) is 0 Å². The van der Waals surface area contributed by atoms with Gasteiger partial charge in [0.1, 0.15) is 4.88 Å². The van der Waals surface area contributed by atoms with Crippen LogP contribution >= 0.6 is 27.3 Å². The number of hydrogen-bond donors (Lipinski definition) is 0. The number of ether oxygens (including phenoxy) is 1. The van der Waals surface area contributed by atoms with Gasteiger partial charge in [-0.2, -0.15) is 0 Å². The molecular formula is C12H17BrO2S. The predicted molar refractivity (Wildman–Crippen MR) is 71.2 cm³/mol. The van der Waals surface area contributed by atoms with Crippen LogP contribution in [-0.2, 0) is 11.2 Å². The van der Waals surface area contributed by atoms with Crippen LogP contribution in [0.4, 0.5) is 0 Å². The molecule has 0 unspecified atom stereocenters. The second-order valence-electron chi connectivity index (χ2n) is 3.58. The van der Waals surface area contributed by atoms with E-state index >= 15 is 0 Å². The summed E-state index contributed by atoms with van der Waals surface area (Å²) in [7, 11) is 0. The van der Waals surface area contributed by atoms with Crippen molar-refractivity contribution in [3.63, 3.8) is 0 Å². The first-order chi connectivity index (χ1) is 7.69. The molecular weight excluding hydrogens is 288 g/mol. The highest BCUT2D eigenvalue weighted by atomic mass is 79.9. The van der Waals surface area contributed by atoms with E-state index in [1.807, 2.05) is 13.0 Å². The van der Waals surface area contributed by atoms with Gasteiger partial charge < -0.3 is 4.74 Å². The topological polar surface area (TPSA) is 26.3 Å². The summed E-state index contributed by atoms with van der Waals surface area (Å²) in [5.74, 6) is -0.190. The Kier molecular flexibility index (Phi) is 6.06. The summed E-state index contributed by atoms with van der Waals surface area (Å²) in [5.41, 5.74) is 1.11. The highest BCUT2D eigenvalue weighted by molar-refractivity contribution is 9.11. The molecule has 4 heteroatoms. The highest BCUT2D eigenvalue weighted by Crippen LogP contribution is 2.29. The summed E-state index contributed by atoms with van der Waals surface area (Å²) in [4.78, 5) is 12.4. The molecule has 0 aliphatic rings. The van der Waals surface area contributed by atoms with Crippen molar-refractivity contribution in [3.05, 3.63) is 20.3 Å². The summed E-state index contributed by atoms with van der Waals surface area (Å²) in [5, 5.41) is 0. The van der Waals surface area contributed by atoms with E-state index in [2.05, 4.69) is 22.9 Å². The van der Waals surface area contributed by atoms with Crippen LogP contribution in [0.15, 0.2) is 9.85 Å². The summed E-state index contributed by atoms with van der Waals surface area (Å²) in [6.45, 7) is 4.44. The third-order valence-corrected chi connectivity index (χ3v) is 3.95. The van der Waals surface area contributed by atoms with E-state index < -0.39 is 0 Å². The van der Waals surface area contributed by atoms with Crippen LogP contribution in [0.1, 0.15) is 48.3 Å². The zero-order chi connectivity index (χ0) is 12.0. The number of unbranched alkanes of at least 4 members (excludes halogenated alkanes) is 2.